The topological polar surface area (TPSA) is 98.7 Å². The van der Waals surface area contributed by atoms with Gasteiger partial charge in [0, 0.05) is 19.1 Å². The van der Waals surface area contributed by atoms with E-state index in [1.165, 1.54) is 4.90 Å². The Morgan fingerprint density at radius 1 is 1.45 bits per heavy atom. The van der Waals surface area contributed by atoms with Crippen molar-refractivity contribution in [2.24, 2.45) is 5.41 Å². The minimum Gasteiger partial charge on any atom is -0.481 e. The van der Waals surface area contributed by atoms with Gasteiger partial charge in [0.1, 0.15) is 6.54 Å². The maximum absolute atomic E-state index is 12.1. The summed E-state index contributed by atoms with van der Waals surface area (Å²) in [7, 11) is 0. The molecule has 0 saturated carbocycles. The summed E-state index contributed by atoms with van der Waals surface area (Å²) in [5.74, 6) is -1.15. The fourth-order valence-corrected chi connectivity index (χ4v) is 2.20. The summed E-state index contributed by atoms with van der Waals surface area (Å²) in [6.45, 7) is 6.84. The van der Waals surface area contributed by atoms with Crippen LogP contribution in [0.5, 0.6) is 0 Å². The third kappa shape index (κ3) is 5.90. The number of hydrogen-bond acceptors (Lipinski definition) is 3. The summed E-state index contributed by atoms with van der Waals surface area (Å²) >= 11 is 0. The van der Waals surface area contributed by atoms with Crippen LogP contribution in [-0.2, 0) is 9.59 Å². The number of carboxylic acid groups (broad SMARTS) is 1. The highest BCUT2D eigenvalue weighted by Gasteiger charge is 2.26. The van der Waals surface area contributed by atoms with Crippen LogP contribution in [0.3, 0.4) is 0 Å². The van der Waals surface area contributed by atoms with Gasteiger partial charge in [-0.25, -0.2) is 4.79 Å². The van der Waals surface area contributed by atoms with E-state index >= 15 is 0 Å². The summed E-state index contributed by atoms with van der Waals surface area (Å²) < 4.78 is 0. The maximum Gasteiger partial charge on any atom is 0.318 e. The SMILES string of the molecule is CC(C)(C)CC(CC(=O)O)NC(=O)N1CCNC(=O)C1. The van der Waals surface area contributed by atoms with E-state index in [1.54, 1.807) is 0 Å². The molecule has 1 rings (SSSR count). The van der Waals surface area contributed by atoms with Crippen LogP contribution < -0.4 is 10.6 Å². The number of carboxylic acids is 1. The number of carbonyl (C=O) groups excluding carboxylic acids is 2. The lowest BCUT2D eigenvalue weighted by Crippen LogP contribution is -2.55. The lowest BCUT2D eigenvalue weighted by atomic mass is 9.87. The third-order valence-corrected chi connectivity index (χ3v) is 2.93. The molecule has 7 heteroatoms. The van der Waals surface area contributed by atoms with Crippen LogP contribution in [0, 0.1) is 5.41 Å². The van der Waals surface area contributed by atoms with Gasteiger partial charge in [-0.3, -0.25) is 9.59 Å². The molecule has 0 aromatic rings. The van der Waals surface area contributed by atoms with Crippen molar-refractivity contribution in [3.63, 3.8) is 0 Å². The molecule has 0 bridgehead atoms. The van der Waals surface area contributed by atoms with Crippen molar-refractivity contribution in [2.45, 2.75) is 39.7 Å². The Labute approximate surface area is 118 Å². The van der Waals surface area contributed by atoms with E-state index in [-0.39, 0.29) is 30.3 Å². The summed E-state index contributed by atoms with van der Waals surface area (Å²) in [6.07, 6.45) is 0.439. The average molecular weight is 285 g/mol. The number of hydrogen-bond donors (Lipinski definition) is 3. The van der Waals surface area contributed by atoms with Gasteiger partial charge in [-0.2, -0.15) is 0 Å². The normalized spacial score (nSPS) is 17.4. The zero-order valence-corrected chi connectivity index (χ0v) is 12.2. The average Bonchev–Trinajstić information content (AvgIpc) is 2.25. The number of nitrogens with zero attached hydrogens (tertiary/aromatic N) is 1. The second kappa shape index (κ2) is 6.58. The molecule has 114 valence electrons. The number of rotatable bonds is 4. The van der Waals surface area contributed by atoms with Gasteiger partial charge in [0.25, 0.3) is 0 Å². The van der Waals surface area contributed by atoms with Crippen molar-refractivity contribution in [1.29, 1.82) is 0 Å². The van der Waals surface area contributed by atoms with Gasteiger partial charge in [0.15, 0.2) is 0 Å². The molecule has 0 aromatic heterocycles. The van der Waals surface area contributed by atoms with Crippen LogP contribution in [0.1, 0.15) is 33.6 Å². The molecule has 7 nitrogen and oxygen atoms in total. The van der Waals surface area contributed by atoms with Gasteiger partial charge >= 0.3 is 12.0 Å². The second-order valence-corrected chi connectivity index (χ2v) is 6.28. The zero-order valence-electron chi connectivity index (χ0n) is 12.2. The standard InChI is InChI=1S/C13H23N3O4/c1-13(2,3)7-9(6-11(18)19)15-12(20)16-5-4-14-10(17)8-16/h9H,4-8H2,1-3H3,(H,14,17)(H,15,20)(H,18,19). The molecule has 1 heterocycles. The van der Waals surface area contributed by atoms with Crippen LogP contribution >= 0.6 is 0 Å². The number of urea groups is 1. The maximum atomic E-state index is 12.1. The number of amides is 3. The molecule has 20 heavy (non-hydrogen) atoms. The molecule has 1 saturated heterocycles. The van der Waals surface area contributed by atoms with Crippen molar-refractivity contribution in [3.8, 4) is 0 Å². The van der Waals surface area contributed by atoms with Gasteiger partial charge in [-0.05, 0) is 11.8 Å². The van der Waals surface area contributed by atoms with E-state index in [1.807, 2.05) is 20.8 Å². The first kappa shape index (κ1) is 16.3. The summed E-state index contributed by atoms with van der Waals surface area (Å²) in [6, 6.07) is -0.819. The Morgan fingerprint density at radius 2 is 2.10 bits per heavy atom. The molecule has 0 aromatic carbocycles. The molecule has 1 fully saturated rings. The molecule has 0 radical (unpaired) electrons. The first-order valence-electron chi connectivity index (χ1n) is 6.71. The van der Waals surface area contributed by atoms with Gasteiger partial charge in [-0.1, -0.05) is 20.8 Å². The smallest absolute Gasteiger partial charge is 0.318 e. The van der Waals surface area contributed by atoms with Gasteiger partial charge < -0.3 is 20.6 Å². The Morgan fingerprint density at radius 3 is 2.60 bits per heavy atom. The predicted molar refractivity (Wildman–Crippen MR) is 73.2 cm³/mol. The molecule has 0 spiro atoms. The lowest BCUT2D eigenvalue weighted by molar-refractivity contribution is -0.137. The number of piperazine rings is 1. The third-order valence-electron chi connectivity index (χ3n) is 2.93. The zero-order chi connectivity index (χ0) is 15.3. The molecule has 0 aliphatic carbocycles. The summed E-state index contributed by atoms with van der Waals surface area (Å²) in [4.78, 5) is 35.6. The molecule has 3 amide bonds. The predicted octanol–water partition coefficient (Wildman–Crippen LogP) is 0.407. The van der Waals surface area contributed by atoms with E-state index in [9.17, 15) is 14.4 Å². The summed E-state index contributed by atoms with van der Waals surface area (Å²) in [5.41, 5.74) is -0.0906. The molecule has 1 unspecified atom stereocenters. The lowest BCUT2D eigenvalue weighted by Gasteiger charge is -2.31. The molecule has 3 N–H and O–H groups in total. The second-order valence-electron chi connectivity index (χ2n) is 6.28. The van der Waals surface area contributed by atoms with Crippen LogP contribution in [0.25, 0.3) is 0 Å². The van der Waals surface area contributed by atoms with E-state index in [2.05, 4.69) is 10.6 Å². The highest BCUT2D eigenvalue weighted by molar-refractivity contribution is 5.85. The number of carbonyl (C=O) groups is 3. The van der Waals surface area contributed by atoms with Crippen molar-refractivity contribution in [2.75, 3.05) is 19.6 Å². The first-order valence-corrected chi connectivity index (χ1v) is 6.71. The van der Waals surface area contributed by atoms with Crippen LogP contribution in [0.2, 0.25) is 0 Å². The Hall–Kier alpha value is -1.79. The van der Waals surface area contributed by atoms with Crippen molar-refractivity contribution < 1.29 is 19.5 Å². The molecular formula is C13H23N3O4. The van der Waals surface area contributed by atoms with Crippen molar-refractivity contribution in [1.82, 2.24) is 15.5 Å². The van der Waals surface area contributed by atoms with E-state index in [0.29, 0.717) is 19.5 Å². The largest absolute Gasteiger partial charge is 0.481 e. The summed E-state index contributed by atoms with van der Waals surface area (Å²) in [5, 5.41) is 14.3. The number of nitrogens with one attached hydrogen (secondary N) is 2. The molecule has 1 aliphatic rings. The fraction of sp³-hybridized carbons (Fsp3) is 0.769. The highest BCUT2D eigenvalue weighted by Crippen LogP contribution is 2.22. The van der Waals surface area contributed by atoms with E-state index in [4.69, 9.17) is 5.11 Å². The van der Waals surface area contributed by atoms with Crippen molar-refractivity contribution >= 4 is 17.9 Å². The van der Waals surface area contributed by atoms with Crippen LogP contribution in [-0.4, -0.2) is 53.6 Å². The number of aliphatic carboxylic acids is 1. The van der Waals surface area contributed by atoms with E-state index in [0.717, 1.165) is 0 Å². The Balaban J connectivity index is 2.61. The van der Waals surface area contributed by atoms with E-state index < -0.39 is 12.0 Å². The van der Waals surface area contributed by atoms with Gasteiger partial charge in [-0.15, -0.1) is 0 Å². The Bertz CT molecular complexity index is 390. The van der Waals surface area contributed by atoms with Crippen LogP contribution in [0.15, 0.2) is 0 Å². The quantitative estimate of drug-likeness (QED) is 0.696. The first-order chi connectivity index (χ1) is 9.17. The van der Waals surface area contributed by atoms with Gasteiger partial charge in [0.2, 0.25) is 5.91 Å². The minimum atomic E-state index is -0.948. The molecule has 1 aliphatic heterocycles. The molecular weight excluding hydrogens is 262 g/mol. The van der Waals surface area contributed by atoms with Gasteiger partial charge in [0.05, 0.1) is 6.42 Å². The minimum absolute atomic E-state index is 0.0150. The van der Waals surface area contributed by atoms with Crippen molar-refractivity contribution in [3.05, 3.63) is 0 Å². The fourth-order valence-electron chi connectivity index (χ4n) is 2.20. The van der Waals surface area contributed by atoms with Crippen LogP contribution in [0.4, 0.5) is 4.79 Å². The highest BCUT2D eigenvalue weighted by atomic mass is 16.4. The molecule has 1 atom stereocenters. The Kier molecular flexibility index (Phi) is 5.35. The monoisotopic (exact) mass is 285 g/mol.